The van der Waals surface area contributed by atoms with E-state index >= 15 is 0 Å². The van der Waals surface area contributed by atoms with Gasteiger partial charge in [0.15, 0.2) is 0 Å². The molecule has 104 valence electrons. The van der Waals surface area contributed by atoms with E-state index in [-0.39, 0.29) is 11.6 Å². The number of thiocarbonyl (C=S) groups is 1. The largest absolute Gasteiger partial charge is 0.497 e. The molecule has 1 aromatic heterocycles. The molecule has 0 bridgehead atoms. The predicted octanol–water partition coefficient (Wildman–Crippen LogP) is 2.44. The molecule has 2 N–H and O–H groups in total. The molecule has 0 spiro atoms. The Balaban J connectivity index is 2.16. The first kappa shape index (κ1) is 14.2. The van der Waals surface area contributed by atoms with Crippen molar-refractivity contribution in [3.05, 3.63) is 53.6 Å². The third-order valence-electron chi connectivity index (χ3n) is 2.57. The van der Waals surface area contributed by atoms with Gasteiger partial charge in [0.2, 0.25) is 0 Å². The summed E-state index contributed by atoms with van der Waals surface area (Å²) in [5, 5.41) is 0. The minimum Gasteiger partial charge on any atom is -0.497 e. The van der Waals surface area contributed by atoms with E-state index in [0.717, 1.165) is 6.20 Å². The van der Waals surface area contributed by atoms with Crippen LogP contribution < -0.4 is 15.2 Å². The van der Waals surface area contributed by atoms with E-state index in [1.54, 1.807) is 25.3 Å². The summed E-state index contributed by atoms with van der Waals surface area (Å²) in [6.07, 6.45) is 2.68. The van der Waals surface area contributed by atoms with Crippen LogP contribution in [0.5, 0.6) is 11.5 Å². The average Bonchev–Trinajstić information content (AvgIpc) is 2.45. The van der Waals surface area contributed by atoms with E-state index in [4.69, 9.17) is 27.4 Å². The Morgan fingerprint density at radius 3 is 2.65 bits per heavy atom. The van der Waals surface area contributed by atoms with Gasteiger partial charge >= 0.3 is 0 Å². The zero-order chi connectivity index (χ0) is 14.5. The van der Waals surface area contributed by atoms with Crippen molar-refractivity contribution >= 4 is 17.2 Å². The van der Waals surface area contributed by atoms with Crippen molar-refractivity contribution in [2.45, 2.75) is 6.61 Å². The van der Waals surface area contributed by atoms with Crippen molar-refractivity contribution in [3.8, 4) is 11.5 Å². The monoisotopic (exact) mass is 292 g/mol. The lowest BCUT2D eigenvalue weighted by Crippen LogP contribution is -2.10. The summed E-state index contributed by atoms with van der Waals surface area (Å²) < 4.78 is 23.7. The molecule has 1 aromatic carbocycles. The number of pyridine rings is 1. The molecule has 4 nitrogen and oxygen atoms in total. The highest BCUT2D eigenvalue weighted by Gasteiger charge is 2.05. The van der Waals surface area contributed by atoms with E-state index < -0.39 is 5.82 Å². The first-order valence-corrected chi connectivity index (χ1v) is 6.20. The summed E-state index contributed by atoms with van der Waals surface area (Å²) in [5.41, 5.74) is 6.87. The van der Waals surface area contributed by atoms with Gasteiger partial charge in [0.1, 0.15) is 28.9 Å². The van der Waals surface area contributed by atoms with Crippen LogP contribution in [0, 0.1) is 5.82 Å². The van der Waals surface area contributed by atoms with Gasteiger partial charge in [-0.1, -0.05) is 12.2 Å². The van der Waals surface area contributed by atoms with Gasteiger partial charge in [0.05, 0.1) is 13.3 Å². The Morgan fingerprint density at radius 2 is 2.00 bits per heavy atom. The van der Waals surface area contributed by atoms with Crippen molar-refractivity contribution < 1.29 is 13.9 Å². The molecule has 20 heavy (non-hydrogen) atoms. The van der Waals surface area contributed by atoms with Gasteiger partial charge in [0, 0.05) is 23.4 Å². The van der Waals surface area contributed by atoms with Gasteiger partial charge in [-0.3, -0.25) is 4.98 Å². The number of nitrogens with zero attached hydrogens (tertiary/aromatic N) is 1. The van der Waals surface area contributed by atoms with Crippen LogP contribution >= 0.6 is 12.2 Å². The molecule has 0 aliphatic rings. The molecular weight excluding hydrogens is 279 g/mol. The van der Waals surface area contributed by atoms with Crippen LogP contribution in [-0.2, 0) is 6.61 Å². The first-order valence-electron chi connectivity index (χ1n) is 5.79. The summed E-state index contributed by atoms with van der Waals surface area (Å²) in [5.74, 6) is 0.722. The number of ether oxygens (including phenoxy) is 2. The highest BCUT2D eigenvalue weighted by molar-refractivity contribution is 7.80. The molecule has 0 aliphatic heterocycles. The molecule has 6 heteroatoms. The maximum atomic E-state index is 13.0. The van der Waals surface area contributed by atoms with E-state index in [1.807, 2.05) is 0 Å². The molecule has 0 aliphatic carbocycles. The Morgan fingerprint density at radius 1 is 1.25 bits per heavy atom. The molecular formula is C14H13FN2O2S. The second-order valence-electron chi connectivity index (χ2n) is 4.06. The van der Waals surface area contributed by atoms with Gasteiger partial charge in [0.25, 0.3) is 0 Å². The fourth-order valence-electron chi connectivity index (χ4n) is 1.62. The number of hydrogen-bond donors (Lipinski definition) is 1. The second-order valence-corrected chi connectivity index (χ2v) is 4.50. The van der Waals surface area contributed by atoms with Gasteiger partial charge < -0.3 is 15.2 Å². The Hall–Kier alpha value is -2.21. The van der Waals surface area contributed by atoms with Crippen molar-refractivity contribution in [1.29, 1.82) is 0 Å². The van der Waals surface area contributed by atoms with Crippen LogP contribution in [0.1, 0.15) is 11.1 Å². The number of halogens is 1. The first-order chi connectivity index (χ1) is 9.58. The highest BCUT2D eigenvalue weighted by Crippen LogP contribution is 2.23. The third kappa shape index (κ3) is 3.64. The number of nitrogens with two attached hydrogens (primary N) is 1. The summed E-state index contributed by atoms with van der Waals surface area (Å²) in [7, 11) is 1.54. The minimum atomic E-state index is -0.402. The van der Waals surface area contributed by atoms with Crippen LogP contribution in [0.4, 0.5) is 4.39 Å². The SMILES string of the molecule is COc1cc(OCc2cncc(F)c2)cc(C(N)=S)c1. The molecule has 2 rings (SSSR count). The zero-order valence-corrected chi connectivity index (χ0v) is 11.6. The van der Waals surface area contributed by atoms with Gasteiger partial charge in [-0.15, -0.1) is 0 Å². The molecule has 1 heterocycles. The lowest BCUT2D eigenvalue weighted by Gasteiger charge is -2.10. The minimum absolute atomic E-state index is 0.189. The molecule has 0 radical (unpaired) electrons. The van der Waals surface area contributed by atoms with E-state index in [1.165, 1.54) is 12.3 Å². The Labute approximate surface area is 121 Å². The lowest BCUT2D eigenvalue weighted by atomic mass is 10.2. The van der Waals surface area contributed by atoms with Gasteiger partial charge in [-0.2, -0.15) is 0 Å². The maximum absolute atomic E-state index is 13.0. The second kappa shape index (κ2) is 6.29. The van der Waals surface area contributed by atoms with Crippen LogP contribution in [0.3, 0.4) is 0 Å². The van der Waals surface area contributed by atoms with E-state index in [9.17, 15) is 4.39 Å². The summed E-state index contributed by atoms with van der Waals surface area (Å²) in [4.78, 5) is 4.01. The molecule has 0 saturated carbocycles. The smallest absolute Gasteiger partial charge is 0.141 e. The Bertz CT molecular complexity index is 634. The summed E-state index contributed by atoms with van der Waals surface area (Å²) in [6.45, 7) is 0.189. The maximum Gasteiger partial charge on any atom is 0.141 e. The fourth-order valence-corrected chi connectivity index (χ4v) is 1.73. The molecule has 2 aromatic rings. The van der Waals surface area contributed by atoms with Crippen LogP contribution in [-0.4, -0.2) is 17.1 Å². The number of hydrogen-bond acceptors (Lipinski definition) is 4. The number of rotatable bonds is 5. The van der Waals surface area contributed by atoms with Crippen LogP contribution in [0.15, 0.2) is 36.7 Å². The van der Waals surface area contributed by atoms with Gasteiger partial charge in [-0.25, -0.2) is 4.39 Å². The number of aromatic nitrogens is 1. The summed E-state index contributed by atoms with van der Waals surface area (Å²) in [6, 6.07) is 6.49. The molecule has 0 unspecified atom stereocenters. The zero-order valence-electron chi connectivity index (χ0n) is 10.8. The standard InChI is InChI=1S/C14H13FN2O2S/c1-18-12-3-10(14(16)20)4-13(5-12)19-8-9-2-11(15)7-17-6-9/h2-7H,8H2,1H3,(H2,16,20). The molecule has 0 saturated heterocycles. The van der Waals surface area contributed by atoms with Crippen molar-refractivity contribution in [2.75, 3.05) is 7.11 Å². The van der Waals surface area contributed by atoms with Crippen molar-refractivity contribution in [1.82, 2.24) is 4.98 Å². The fraction of sp³-hybridized carbons (Fsp3) is 0.143. The lowest BCUT2D eigenvalue weighted by molar-refractivity contribution is 0.302. The van der Waals surface area contributed by atoms with Crippen LogP contribution in [0.25, 0.3) is 0 Å². The molecule has 0 amide bonds. The number of methoxy groups -OCH3 is 1. The topological polar surface area (TPSA) is 57.4 Å². The predicted molar refractivity (Wildman–Crippen MR) is 77.4 cm³/mol. The molecule has 0 fully saturated rings. The van der Waals surface area contributed by atoms with Crippen molar-refractivity contribution in [3.63, 3.8) is 0 Å². The van der Waals surface area contributed by atoms with Crippen LogP contribution in [0.2, 0.25) is 0 Å². The highest BCUT2D eigenvalue weighted by atomic mass is 32.1. The normalized spacial score (nSPS) is 10.1. The third-order valence-corrected chi connectivity index (χ3v) is 2.80. The Kier molecular flexibility index (Phi) is 4.47. The number of benzene rings is 1. The van der Waals surface area contributed by atoms with E-state index in [0.29, 0.717) is 22.6 Å². The van der Waals surface area contributed by atoms with E-state index in [2.05, 4.69) is 4.98 Å². The summed E-state index contributed by atoms with van der Waals surface area (Å²) >= 11 is 4.93. The quantitative estimate of drug-likeness (QED) is 0.858. The van der Waals surface area contributed by atoms with Crippen molar-refractivity contribution in [2.24, 2.45) is 5.73 Å². The average molecular weight is 292 g/mol. The molecule has 0 atom stereocenters. The van der Waals surface area contributed by atoms with Gasteiger partial charge in [-0.05, 0) is 18.2 Å².